The molecule has 0 radical (unpaired) electrons. The van der Waals surface area contributed by atoms with E-state index in [0.717, 1.165) is 18.3 Å². The molecule has 5 atom stereocenters. The summed E-state index contributed by atoms with van der Waals surface area (Å²) in [5.41, 5.74) is -2.59. The number of aromatic nitrogens is 3. The van der Waals surface area contributed by atoms with E-state index in [-0.39, 0.29) is 11.1 Å². The van der Waals surface area contributed by atoms with E-state index in [0.29, 0.717) is 9.13 Å². The Hall–Kier alpha value is -2.90. The number of rotatable bonds is 9. The quantitative estimate of drug-likeness (QED) is 0.197. The maximum atomic E-state index is 13.1. The largest absolute Gasteiger partial charge is 0.573 e. The third-order valence-corrected chi connectivity index (χ3v) is 7.54. The molecule has 1 aliphatic rings. The smallest absolute Gasteiger partial charge is 0.402 e. The van der Waals surface area contributed by atoms with Crippen molar-refractivity contribution in [3.63, 3.8) is 0 Å². The molecule has 1 saturated heterocycles. The number of nitrogens with zero attached hydrogens (tertiary/aromatic N) is 3. The summed E-state index contributed by atoms with van der Waals surface area (Å²) in [6, 6.07) is 4.32. The van der Waals surface area contributed by atoms with Crippen molar-refractivity contribution in [1.82, 2.24) is 14.3 Å². The molecule has 0 amide bonds. The van der Waals surface area contributed by atoms with Crippen molar-refractivity contribution in [2.24, 2.45) is 0 Å². The van der Waals surface area contributed by atoms with Gasteiger partial charge in [-0.2, -0.15) is 4.31 Å². The first-order valence-electron chi connectivity index (χ1n) is 10.7. The average Bonchev–Trinajstić information content (AvgIpc) is 3.35. The Morgan fingerprint density at radius 2 is 1.77 bits per heavy atom. The Labute approximate surface area is 218 Å². The lowest BCUT2D eigenvalue weighted by molar-refractivity contribution is -0.274. The number of hydrogen-bond donors (Lipinski definition) is 5. The van der Waals surface area contributed by atoms with Gasteiger partial charge >= 0.3 is 27.7 Å². The Balaban J connectivity index is 1.58. The summed E-state index contributed by atoms with van der Waals surface area (Å²) in [6.07, 6.45) is -11.2. The van der Waals surface area contributed by atoms with Crippen LogP contribution in [0.4, 0.5) is 13.2 Å². The van der Waals surface area contributed by atoms with Crippen LogP contribution in [0.25, 0.3) is 11.0 Å². The van der Waals surface area contributed by atoms with Crippen LogP contribution in [0.15, 0.2) is 44.6 Å². The summed E-state index contributed by atoms with van der Waals surface area (Å²) in [7, 11) is -10.8. The number of alkyl halides is 3. The van der Waals surface area contributed by atoms with Crippen molar-refractivity contribution in [1.29, 1.82) is 0 Å². The summed E-state index contributed by atoms with van der Waals surface area (Å²) in [5.74, 6) is -0.718. The highest BCUT2D eigenvalue weighted by Crippen LogP contribution is 2.57. The molecule has 3 aromatic rings. The number of phosphoric acid groups is 2. The van der Waals surface area contributed by atoms with Crippen molar-refractivity contribution < 1.29 is 70.0 Å². The minimum absolute atomic E-state index is 0.0146. The van der Waals surface area contributed by atoms with Crippen molar-refractivity contribution in [2.75, 3.05) is 6.61 Å². The molecule has 40 heavy (non-hydrogen) atoms. The first kappa shape index (κ1) is 30.1. The summed E-state index contributed by atoms with van der Waals surface area (Å²) in [4.78, 5) is 52.3. The molecule has 220 valence electrons. The normalized spacial score (nSPS) is 23.4. The Kier molecular flexibility index (Phi) is 8.14. The van der Waals surface area contributed by atoms with E-state index in [2.05, 4.69) is 18.7 Å². The van der Waals surface area contributed by atoms with E-state index in [4.69, 9.17) is 19.0 Å². The second-order valence-electron chi connectivity index (χ2n) is 8.12. The van der Waals surface area contributed by atoms with Crippen LogP contribution >= 0.6 is 15.6 Å². The topological polar surface area (TPSA) is 242 Å². The number of phosphoric ester groups is 1. The highest BCUT2D eigenvalue weighted by molar-refractivity contribution is 7.60. The molecule has 22 heteroatoms. The summed E-state index contributed by atoms with van der Waals surface area (Å²) >= 11 is 0. The van der Waals surface area contributed by atoms with E-state index in [1.165, 1.54) is 12.1 Å². The maximum Gasteiger partial charge on any atom is 0.573 e. The number of para-hydroxylation sites is 1. The predicted molar refractivity (Wildman–Crippen MR) is 120 cm³/mol. The molecule has 1 fully saturated rings. The molecule has 3 heterocycles. The standard InChI is InChI=1S/C18H18F3N3O14P2/c19-18(20,21)36-10-3-1-2-8-9(22-37-15(8)10)6-24-12(25)4-5-23(17(24)28)16-14(27)13(26)11(35-16)7-34-40(32,33)38-39(29,30)31/h1-5,11,13-14,16,26-27H,6-7H2,(H,32,33)(H2,29,30,31)/t11-,13+,14+,16-/m1/s1. The van der Waals surface area contributed by atoms with E-state index >= 15 is 0 Å². The number of aliphatic hydroxyl groups excluding tert-OH is 2. The summed E-state index contributed by atoms with van der Waals surface area (Å²) in [6.45, 7) is -1.66. The number of aliphatic hydroxyl groups is 2. The number of halogens is 3. The Bertz CT molecular complexity index is 1610. The van der Waals surface area contributed by atoms with E-state index in [9.17, 15) is 47.0 Å². The van der Waals surface area contributed by atoms with Gasteiger partial charge in [-0.05, 0) is 12.1 Å². The number of benzene rings is 1. The van der Waals surface area contributed by atoms with Crippen molar-refractivity contribution in [3.8, 4) is 5.75 Å². The molecule has 0 bridgehead atoms. The van der Waals surface area contributed by atoms with Crippen LogP contribution in [-0.4, -0.2) is 70.5 Å². The van der Waals surface area contributed by atoms with Gasteiger partial charge in [-0.15, -0.1) is 13.2 Å². The third kappa shape index (κ3) is 6.69. The van der Waals surface area contributed by atoms with Gasteiger partial charge in [-0.1, -0.05) is 11.2 Å². The van der Waals surface area contributed by atoms with Gasteiger partial charge < -0.3 is 38.9 Å². The van der Waals surface area contributed by atoms with Gasteiger partial charge in [0.05, 0.1) is 18.5 Å². The Morgan fingerprint density at radius 1 is 1.07 bits per heavy atom. The molecule has 0 aliphatic carbocycles. The summed E-state index contributed by atoms with van der Waals surface area (Å²) in [5, 5.41) is 24.3. The SMILES string of the molecule is O=c1ccn([C@@H]2O[C@H](COP(=O)(O)OP(=O)(O)O)[C@H](O)[C@@H]2O)c(=O)n1Cc1noc2c(OC(F)(F)F)cccc12. The first-order valence-corrected chi connectivity index (χ1v) is 13.7. The van der Waals surface area contributed by atoms with Crippen molar-refractivity contribution in [3.05, 3.63) is 57.0 Å². The van der Waals surface area contributed by atoms with Crippen LogP contribution < -0.4 is 16.0 Å². The highest BCUT2D eigenvalue weighted by atomic mass is 31.3. The zero-order valence-corrected chi connectivity index (χ0v) is 21.2. The van der Waals surface area contributed by atoms with E-state index in [1.54, 1.807) is 0 Å². The molecule has 5 N–H and O–H groups in total. The average molecular weight is 619 g/mol. The zero-order valence-electron chi connectivity index (χ0n) is 19.4. The van der Waals surface area contributed by atoms with Gasteiger partial charge in [0.1, 0.15) is 24.0 Å². The molecule has 4 rings (SSSR count). The van der Waals surface area contributed by atoms with Gasteiger partial charge in [0.25, 0.3) is 5.56 Å². The van der Waals surface area contributed by atoms with Crippen molar-refractivity contribution >= 4 is 26.6 Å². The van der Waals surface area contributed by atoms with Crippen LogP contribution in [0.1, 0.15) is 11.9 Å². The molecule has 0 spiro atoms. The summed E-state index contributed by atoms with van der Waals surface area (Å²) < 4.78 is 83.8. The van der Waals surface area contributed by atoms with Crippen LogP contribution in [0, 0.1) is 0 Å². The predicted octanol–water partition coefficient (Wildman–Crippen LogP) is -0.0564. The van der Waals surface area contributed by atoms with Gasteiger partial charge in [0.2, 0.25) is 5.58 Å². The van der Waals surface area contributed by atoms with Gasteiger partial charge in [0, 0.05) is 12.3 Å². The fourth-order valence-electron chi connectivity index (χ4n) is 3.75. The van der Waals surface area contributed by atoms with E-state index < -0.39 is 82.3 Å². The van der Waals surface area contributed by atoms with Crippen molar-refractivity contribution in [2.45, 2.75) is 37.4 Å². The second-order valence-corrected chi connectivity index (χ2v) is 11.0. The lowest BCUT2D eigenvalue weighted by atomic mass is 10.1. The van der Waals surface area contributed by atoms with Crippen LogP contribution in [0.5, 0.6) is 5.75 Å². The molecule has 1 aliphatic heterocycles. The minimum Gasteiger partial charge on any atom is -0.402 e. The molecule has 17 nitrogen and oxygen atoms in total. The lowest BCUT2D eigenvalue weighted by Crippen LogP contribution is -2.43. The zero-order chi connectivity index (χ0) is 29.6. The molecular weight excluding hydrogens is 601 g/mol. The number of hydrogen-bond acceptors (Lipinski definition) is 12. The maximum absolute atomic E-state index is 13.1. The number of fused-ring (bicyclic) bond motifs is 1. The van der Waals surface area contributed by atoms with Gasteiger partial charge in [-0.3, -0.25) is 18.5 Å². The van der Waals surface area contributed by atoms with Crippen LogP contribution in [0.2, 0.25) is 0 Å². The molecule has 0 saturated carbocycles. The molecular formula is C18H18F3N3O14P2. The number of ether oxygens (including phenoxy) is 2. The molecule has 1 unspecified atom stereocenters. The fraction of sp³-hybridized carbons (Fsp3) is 0.389. The second kappa shape index (κ2) is 10.8. The van der Waals surface area contributed by atoms with Gasteiger partial charge in [-0.25, -0.2) is 13.9 Å². The lowest BCUT2D eigenvalue weighted by Gasteiger charge is -2.19. The van der Waals surface area contributed by atoms with Crippen LogP contribution in [-0.2, 0) is 29.2 Å². The van der Waals surface area contributed by atoms with Crippen LogP contribution in [0.3, 0.4) is 0 Å². The first-order chi connectivity index (χ1) is 18.5. The molecule has 2 aromatic heterocycles. The fourth-order valence-corrected chi connectivity index (χ4v) is 5.35. The van der Waals surface area contributed by atoms with Gasteiger partial charge in [0.15, 0.2) is 12.0 Å². The Morgan fingerprint density at radius 3 is 2.42 bits per heavy atom. The monoisotopic (exact) mass is 619 g/mol. The molecule has 1 aromatic carbocycles. The van der Waals surface area contributed by atoms with E-state index in [1.807, 2.05) is 0 Å². The third-order valence-electron chi connectivity index (χ3n) is 5.39. The minimum atomic E-state index is -5.44. The highest BCUT2D eigenvalue weighted by Gasteiger charge is 2.46.